The van der Waals surface area contributed by atoms with E-state index in [2.05, 4.69) is 10.6 Å². The lowest BCUT2D eigenvalue weighted by Gasteiger charge is -2.31. The number of fused-ring (bicyclic) bond motifs is 1. The summed E-state index contributed by atoms with van der Waals surface area (Å²) in [6.45, 7) is 1.80. The fourth-order valence-electron chi connectivity index (χ4n) is 6.02. The predicted octanol–water partition coefficient (Wildman–Crippen LogP) is 2.36. The number of aldehydes is 1. The second-order valence-corrected chi connectivity index (χ2v) is 13.8. The zero-order chi connectivity index (χ0) is 30.8. The number of nitrogens with zero attached hydrogens (tertiary/aromatic N) is 2. The molecule has 4 rings (SSSR count). The molecular formula is C30H44N4O8S. The number of nitrogens with one attached hydrogen (secondary N) is 2. The van der Waals surface area contributed by atoms with Crippen LogP contribution < -0.4 is 15.4 Å². The second-order valence-electron chi connectivity index (χ2n) is 11.8. The van der Waals surface area contributed by atoms with E-state index in [1.165, 1.54) is 4.31 Å². The number of hydrogen-bond donors (Lipinski definition) is 2. The van der Waals surface area contributed by atoms with E-state index in [4.69, 9.17) is 9.47 Å². The number of carbonyl (C=O) groups is 4. The summed E-state index contributed by atoms with van der Waals surface area (Å²) in [5.74, 6) is 0.273. The number of rotatable bonds is 11. The van der Waals surface area contributed by atoms with Crippen LogP contribution in [0.1, 0.15) is 69.8 Å². The molecule has 12 nitrogen and oxygen atoms in total. The average Bonchev–Trinajstić information content (AvgIpc) is 3.22. The van der Waals surface area contributed by atoms with Gasteiger partial charge in [-0.2, -0.15) is 0 Å². The fraction of sp³-hybridized carbons (Fsp3) is 0.667. The highest BCUT2D eigenvalue weighted by Crippen LogP contribution is 2.28. The highest BCUT2D eigenvalue weighted by Gasteiger charge is 2.32. The van der Waals surface area contributed by atoms with Crippen molar-refractivity contribution in [2.75, 3.05) is 32.5 Å². The Morgan fingerprint density at radius 3 is 2.49 bits per heavy atom. The molecule has 1 aromatic carbocycles. The summed E-state index contributed by atoms with van der Waals surface area (Å²) in [5, 5.41) is 5.47. The third kappa shape index (κ3) is 9.92. The number of hydrogen-bond acceptors (Lipinski definition) is 8. The van der Waals surface area contributed by atoms with Gasteiger partial charge in [0, 0.05) is 37.7 Å². The van der Waals surface area contributed by atoms with E-state index in [9.17, 15) is 27.6 Å². The molecule has 3 amide bonds. The molecular weight excluding hydrogens is 576 g/mol. The van der Waals surface area contributed by atoms with Crippen molar-refractivity contribution in [3.63, 3.8) is 0 Å². The molecule has 0 spiro atoms. The summed E-state index contributed by atoms with van der Waals surface area (Å²) < 4.78 is 36.3. The van der Waals surface area contributed by atoms with Crippen LogP contribution >= 0.6 is 0 Å². The first kappa shape index (κ1) is 32.7. The molecule has 2 heterocycles. The molecule has 0 radical (unpaired) electrons. The third-order valence-electron chi connectivity index (χ3n) is 8.53. The highest BCUT2D eigenvalue weighted by molar-refractivity contribution is 7.88. The molecule has 3 aliphatic rings. The first-order chi connectivity index (χ1) is 20.6. The summed E-state index contributed by atoms with van der Waals surface area (Å²) >= 11 is 0. The van der Waals surface area contributed by atoms with Crippen molar-refractivity contribution in [2.24, 2.45) is 5.92 Å². The zero-order valence-electron chi connectivity index (χ0n) is 24.9. The van der Waals surface area contributed by atoms with Crippen molar-refractivity contribution in [3.8, 4) is 5.75 Å². The number of ether oxygens (including phenoxy) is 2. The topological polar surface area (TPSA) is 151 Å². The average molecular weight is 621 g/mol. The van der Waals surface area contributed by atoms with Crippen molar-refractivity contribution in [1.29, 1.82) is 0 Å². The van der Waals surface area contributed by atoms with Gasteiger partial charge in [-0.15, -0.1) is 0 Å². The zero-order valence-corrected chi connectivity index (χ0v) is 25.7. The van der Waals surface area contributed by atoms with Crippen LogP contribution in [0.2, 0.25) is 0 Å². The van der Waals surface area contributed by atoms with Gasteiger partial charge in [0.05, 0.1) is 18.8 Å². The van der Waals surface area contributed by atoms with Crippen LogP contribution in [-0.2, 0) is 35.7 Å². The minimum Gasteiger partial charge on any atom is -0.491 e. The van der Waals surface area contributed by atoms with E-state index in [0.29, 0.717) is 58.3 Å². The van der Waals surface area contributed by atoms with Crippen molar-refractivity contribution in [1.82, 2.24) is 19.8 Å². The molecule has 2 fully saturated rings. The Hall–Kier alpha value is -3.19. The van der Waals surface area contributed by atoms with E-state index < -0.39 is 34.2 Å². The van der Waals surface area contributed by atoms with Gasteiger partial charge in [-0.1, -0.05) is 50.3 Å². The van der Waals surface area contributed by atoms with Gasteiger partial charge in [0.15, 0.2) is 6.10 Å². The number of carbonyl (C=O) groups excluding carboxylic acids is 4. The maximum absolute atomic E-state index is 13.3. The molecule has 238 valence electrons. The summed E-state index contributed by atoms with van der Waals surface area (Å²) in [6.07, 6.45) is 6.47. The number of benzene rings is 1. The van der Waals surface area contributed by atoms with Crippen LogP contribution in [0.25, 0.3) is 0 Å². The van der Waals surface area contributed by atoms with Crippen molar-refractivity contribution >= 4 is 34.2 Å². The first-order valence-corrected chi connectivity index (χ1v) is 17.1. The predicted molar refractivity (Wildman–Crippen MR) is 159 cm³/mol. The summed E-state index contributed by atoms with van der Waals surface area (Å²) in [5.41, 5.74) is 0.913. The number of piperidine rings is 1. The minimum absolute atomic E-state index is 0.0622. The van der Waals surface area contributed by atoms with Crippen LogP contribution in [0.5, 0.6) is 5.75 Å². The maximum Gasteiger partial charge on any atom is 0.408 e. The molecule has 0 bridgehead atoms. The number of alkyl carbamates (subject to hydrolysis) is 1. The summed E-state index contributed by atoms with van der Waals surface area (Å²) in [7, 11) is -3.29. The van der Waals surface area contributed by atoms with Gasteiger partial charge in [0.25, 0.3) is 5.91 Å². The van der Waals surface area contributed by atoms with Gasteiger partial charge >= 0.3 is 6.09 Å². The number of para-hydroxylation sites is 1. The molecule has 1 saturated carbocycles. The van der Waals surface area contributed by atoms with E-state index in [0.717, 1.165) is 49.7 Å². The molecule has 1 saturated heterocycles. The Labute approximate surface area is 253 Å². The largest absolute Gasteiger partial charge is 0.491 e. The first-order valence-electron chi connectivity index (χ1n) is 15.3. The highest BCUT2D eigenvalue weighted by atomic mass is 32.2. The Balaban J connectivity index is 1.30. The normalized spacial score (nSPS) is 20.1. The molecule has 13 heteroatoms. The van der Waals surface area contributed by atoms with Crippen LogP contribution in [0.3, 0.4) is 0 Å². The Kier molecular flexibility index (Phi) is 11.8. The number of amides is 3. The molecule has 1 aromatic rings. The summed E-state index contributed by atoms with van der Waals surface area (Å²) in [4.78, 5) is 52.8. The lowest BCUT2D eigenvalue weighted by atomic mass is 9.85. The maximum atomic E-state index is 13.3. The van der Waals surface area contributed by atoms with Gasteiger partial charge in [-0.25, -0.2) is 17.5 Å². The summed E-state index contributed by atoms with van der Waals surface area (Å²) in [6, 6.07) is 6.38. The monoisotopic (exact) mass is 620 g/mol. The fourth-order valence-corrected chi connectivity index (χ4v) is 6.90. The van der Waals surface area contributed by atoms with Crippen LogP contribution in [-0.4, -0.2) is 92.5 Å². The molecule has 2 aliphatic heterocycles. The Bertz CT molecular complexity index is 1230. The molecule has 43 heavy (non-hydrogen) atoms. The van der Waals surface area contributed by atoms with Gasteiger partial charge in [-0.05, 0) is 37.7 Å². The second kappa shape index (κ2) is 15.5. The Morgan fingerprint density at radius 2 is 1.79 bits per heavy atom. The van der Waals surface area contributed by atoms with E-state index in [1.54, 1.807) is 4.90 Å². The third-order valence-corrected chi connectivity index (χ3v) is 9.83. The van der Waals surface area contributed by atoms with Gasteiger partial charge in [0.1, 0.15) is 18.6 Å². The Morgan fingerprint density at radius 1 is 1.07 bits per heavy atom. The molecule has 1 aliphatic carbocycles. The molecule has 2 N–H and O–H groups in total. The lowest BCUT2D eigenvalue weighted by molar-refractivity contribution is -0.134. The van der Waals surface area contributed by atoms with Crippen molar-refractivity contribution < 1.29 is 37.1 Å². The smallest absolute Gasteiger partial charge is 0.408 e. The van der Waals surface area contributed by atoms with Crippen molar-refractivity contribution in [3.05, 3.63) is 29.8 Å². The molecule has 0 unspecified atom stereocenters. The number of sulfonamides is 1. The van der Waals surface area contributed by atoms with Gasteiger partial charge < -0.3 is 29.8 Å². The standard InChI is InChI=1S/C30H44N4O8S/c1-43(39,40)34-15-13-24(14-16-34)32-30(38)42-27(19-22-7-3-2-4-8-22)29(37)31-25(21-35)11-12-28(36)33-17-18-41-26-10-6-5-9-23(26)20-33/h5-6,9-10,21-22,24-25,27H,2-4,7-8,11-20H2,1H3,(H,31,37)(H,32,38)/t25-,27-/m0/s1. The van der Waals surface area contributed by atoms with Gasteiger partial charge in [0.2, 0.25) is 15.9 Å². The van der Waals surface area contributed by atoms with Crippen molar-refractivity contribution in [2.45, 2.75) is 88.9 Å². The van der Waals surface area contributed by atoms with Crippen LogP contribution in [0, 0.1) is 5.92 Å². The molecule has 0 aromatic heterocycles. The quantitative estimate of drug-likeness (QED) is 0.358. The van der Waals surface area contributed by atoms with Crippen LogP contribution in [0.4, 0.5) is 4.79 Å². The van der Waals surface area contributed by atoms with Gasteiger partial charge in [-0.3, -0.25) is 9.59 Å². The molecule has 2 atom stereocenters. The minimum atomic E-state index is -3.29. The van der Waals surface area contributed by atoms with E-state index in [1.807, 2.05) is 24.3 Å². The lowest BCUT2D eigenvalue weighted by Crippen LogP contribution is -2.49. The van der Waals surface area contributed by atoms with E-state index in [-0.39, 0.29) is 30.7 Å². The SMILES string of the molecule is CS(=O)(=O)N1CCC(NC(=O)O[C@@H](CC2CCCCC2)C(=O)N[C@H](C=O)CCC(=O)N2CCOc3ccccc3C2)CC1. The van der Waals surface area contributed by atoms with E-state index >= 15 is 0 Å². The van der Waals surface area contributed by atoms with Crippen LogP contribution in [0.15, 0.2) is 24.3 Å².